The standard InChI is InChI=1S/C16H24O2/c1-3-4-5-9-12-15(13(2)17)16(18)14-10-7-6-8-11-14/h6-8,10-11,13,15,17H,3-5,9,12H2,1-2H3. The molecule has 1 N–H and O–H groups in total. The van der Waals surface area contributed by atoms with E-state index in [0.29, 0.717) is 5.56 Å². The number of hydrogen-bond donors (Lipinski definition) is 1. The summed E-state index contributed by atoms with van der Waals surface area (Å²) in [6, 6.07) is 9.27. The van der Waals surface area contributed by atoms with Crippen molar-refractivity contribution in [2.75, 3.05) is 0 Å². The van der Waals surface area contributed by atoms with E-state index in [-0.39, 0.29) is 11.7 Å². The first-order chi connectivity index (χ1) is 8.66. The number of unbranched alkanes of at least 4 members (excludes halogenated alkanes) is 3. The van der Waals surface area contributed by atoms with Crippen molar-refractivity contribution in [1.82, 2.24) is 0 Å². The van der Waals surface area contributed by atoms with Gasteiger partial charge in [-0.3, -0.25) is 4.79 Å². The maximum Gasteiger partial charge on any atom is 0.168 e. The Bertz CT molecular complexity index is 343. The Morgan fingerprint density at radius 2 is 1.83 bits per heavy atom. The van der Waals surface area contributed by atoms with Crippen LogP contribution in [0, 0.1) is 5.92 Å². The minimum atomic E-state index is -0.570. The fourth-order valence-corrected chi connectivity index (χ4v) is 2.20. The third-order valence-electron chi connectivity index (χ3n) is 3.35. The zero-order valence-electron chi connectivity index (χ0n) is 11.4. The van der Waals surface area contributed by atoms with Gasteiger partial charge in [-0.25, -0.2) is 0 Å². The van der Waals surface area contributed by atoms with Gasteiger partial charge in [0.15, 0.2) is 5.78 Å². The van der Waals surface area contributed by atoms with E-state index in [9.17, 15) is 9.90 Å². The molecule has 0 aliphatic carbocycles. The van der Waals surface area contributed by atoms with Crippen LogP contribution in [0.15, 0.2) is 30.3 Å². The lowest BCUT2D eigenvalue weighted by Crippen LogP contribution is -2.26. The molecule has 0 radical (unpaired) electrons. The van der Waals surface area contributed by atoms with E-state index in [1.165, 1.54) is 12.8 Å². The molecule has 100 valence electrons. The van der Waals surface area contributed by atoms with Crippen molar-refractivity contribution in [1.29, 1.82) is 0 Å². The minimum absolute atomic E-state index is 0.0714. The Hall–Kier alpha value is -1.15. The molecule has 1 aromatic carbocycles. The summed E-state index contributed by atoms with van der Waals surface area (Å²) in [5, 5.41) is 9.78. The summed E-state index contributed by atoms with van der Waals surface area (Å²) < 4.78 is 0. The second kappa shape index (κ2) is 8.04. The molecule has 0 fully saturated rings. The molecule has 0 saturated carbocycles. The lowest BCUT2D eigenvalue weighted by Gasteiger charge is -2.18. The van der Waals surface area contributed by atoms with Crippen molar-refractivity contribution in [3.05, 3.63) is 35.9 Å². The predicted octanol–water partition coefficient (Wildman–Crippen LogP) is 3.84. The Morgan fingerprint density at radius 1 is 1.17 bits per heavy atom. The number of ketones is 1. The Morgan fingerprint density at radius 3 is 2.39 bits per heavy atom. The molecular formula is C16H24O2. The van der Waals surface area contributed by atoms with Gasteiger partial charge in [0.05, 0.1) is 6.10 Å². The third kappa shape index (κ3) is 4.61. The molecule has 0 spiro atoms. The molecule has 0 amide bonds. The first-order valence-corrected chi connectivity index (χ1v) is 6.94. The van der Waals surface area contributed by atoms with Gasteiger partial charge in [-0.05, 0) is 13.3 Å². The summed E-state index contributed by atoms with van der Waals surface area (Å²) in [4.78, 5) is 12.3. The molecule has 2 unspecified atom stereocenters. The molecule has 2 atom stereocenters. The first kappa shape index (κ1) is 14.9. The highest BCUT2D eigenvalue weighted by molar-refractivity contribution is 5.98. The summed E-state index contributed by atoms with van der Waals surface area (Å²) in [7, 11) is 0. The second-order valence-electron chi connectivity index (χ2n) is 4.93. The number of Topliss-reactive ketones (excluding diaryl/α,β-unsaturated/α-hetero) is 1. The van der Waals surface area contributed by atoms with Gasteiger partial charge in [0.2, 0.25) is 0 Å². The van der Waals surface area contributed by atoms with E-state index in [2.05, 4.69) is 6.92 Å². The third-order valence-corrected chi connectivity index (χ3v) is 3.35. The molecule has 0 aliphatic heterocycles. The molecular weight excluding hydrogens is 224 g/mol. The molecule has 1 rings (SSSR count). The highest BCUT2D eigenvalue weighted by Gasteiger charge is 2.23. The van der Waals surface area contributed by atoms with Crippen LogP contribution >= 0.6 is 0 Å². The van der Waals surface area contributed by atoms with Crippen molar-refractivity contribution >= 4 is 5.78 Å². The van der Waals surface area contributed by atoms with Crippen LogP contribution in [0.5, 0.6) is 0 Å². The van der Waals surface area contributed by atoms with Gasteiger partial charge < -0.3 is 5.11 Å². The first-order valence-electron chi connectivity index (χ1n) is 6.94. The fraction of sp³-hybridized carbons (Fsp3) is 0.562. The number of rotatable bonds is 8. The molecule has 0 aromatic heterocycles. The van der Waals surface area contributed by atoms with E-state index < -0.39 is 6.10 Å². The maximum absolute atomic E-state index is 12.3. The zero-order chi connectivity index (χ0) is 13.4. The van der Waals surface area contributed by atoms with Gasteiger partial charge in [-0.2, -0.15) is 0 Å². The smallest absolute Gasteiger partial charge is 0.168 e. The Kier molecular flexibility index (Phi) is 6.66. The molecule has 2 nitrogen and oxygen atoms in total. The van der Waals surface area contributed by atoms with E-state index in [4.69, 9.17) is 0 Å². The van der Waals surface area contributed by atoms with Crippen LogP contribution in [0.1, 0.15) is 56.3 Å². The SMILES string of the molecule is CCCCCCC(C(=O)c1ccccc1)C(C)O. The zero-order valence-corrected chi connectivity index (χ0v) is 11.4. The Labute approximate surface area is 110 Å². The van der Waals surface area contributed by atoms with Crippen LogP contribution in [0.3, 0.4) is 0 Å². The number of carbonyl (C=O) groups is 1. The van der Waals surface area contributed by atoms with E-state index >= 15 is 0 Å². The Balaban J connectivity index is 2.59. The van der Waals surface area contributed by atoms with Gasteiger partial charge in [-0.1, -0.05) is 62.9 Å². The summed E-state index contributed by atoms with van der Waals surface area (Å²) >= 11 is 0. The van der Waals surface area contributed by atoms with Crippen molar-refractivity contribution in [3.63, 3.8) is 0 Å². The lowest BCUT2D eigenvalue weighted by molar-refractivity contribution is 0.0703. The van der Waals surface area contributed by atoms with Gasteiger partial charge in [0, 0.05) is 11.5 Å². The van der Waals surface area contributed by atoms with Crippen LogP contribution in [0.4, 0.5) is 0 Å². The monoisotopic (exact) mass is 248 g/mol. The number of benzene rings is 1. The van der Waals surface area contributed by atoms with Gasteiger partial charge in [-0.15, -0.1) is 0 Å². The average Bonchev–Trinajstić information content (AvgIpc) is 2.39. The van der Waals surface area contributed by atoms with Crippen molar-refractivity contribution < 1.29 is 9.90 Å². The minimum Gasteiger partial charge on any atom is -0.393 e. The van der Waals surface area contributed by atoms with Crippen LogP contribution < -0.4 is 0 Å². The van der Waals surface area contributed by atoms with Crippen molar-refractivity contribution in [3.8, 4) is 0 Å². The van der Waals surface area contributed by atoms with E-state index in [0.717, 1.165) is 19.3 Å². The van der Waals surface area contributed by atoms with Crippen LogP contribution in [-0.4, -0.2) is 17.0 Å². The van der Waals surface area contributed by atoms with Gasteiger partial charge in [0.25, 0.3) is 0 Å². The fourth-order valence-electron chi connectivity index (χ4n) is 2.20. The van der Waals surface area contributed by atoms with Crippen molar-refractivity contribution in [2.45, 2.75) is 52.1 Å². The summed E-state index contributed by atoms with van der Waals surface area (Å²) in [5.41, 5.74) is 0.707. The number of carbonyl (C=O) groups excluding carboxylic acids is 1. The molecule has 0 bridgehead atoms. The molecule has 18 heavy (non-hydrogen) atoms. The van der Waals surface area contributed by atoms with Crippen molar-refractivity contribution in [2.24, 2.45) is 5.92 Å². The average molecular weight is 248 g/mol. The molecule has 0 heterocycles. The summed E-state index contributed by atoms with van der Waals surface area (Å²) in [6.07, 6.45) is 4.76. The van der Waals surface area contributed by atoms with E-state index in [1.54, 1.807) is 6.92 Å². The topological polar surface area (TPSA) is 37.3 Å². The van der Waals surface area contributed by atoms with Crippen LogP contribution in [0.25, 0.3) is 0 Å². The van der Waals surface area contributed by atoms with Gasteiger partial charge >= 0.3 is 0 Å². The highest BCUT2D eigenvalue weighted by Crippen LogP contribution is 2.20. The van der Waals surface area contributed by atoms with E-state index in [1.807, 2.05) is 30.3 Å². The highest BCUT2D eigenvalue weighted by atomic mass is 16.3. The van der Waals surface area contributed by atoms with Crippen LogP contribution in [0.2, 0.25) is 0 Å². The molecule has 0 aliphatic rings. The van der Waals surface area contributed by atoms with Crippen LogP contribution in [-0.2, 0) is 0 Å². The number of hydrogen-bond acceptors (Lipinski definition) is 2. The normalized spacial score (nSPS) is 14.2. The summed E-state index contributed by atoms with van der Waals surface area (Å²) in [5.74, 6) is -0.189. The van der Waals surface area contributed by atoms with Gasteiger partial charge in [0.1, 0.15) is 0 Å². The second-order valence-corrected chi connectivity index (χ2v) is 4.93. The predicted molar refractivity (Wildman–Crippen MR) is 74.7 cm³/mol. The molecule has 0 saturated heterocycles. The number of aliphatic hydroxyl groups is 1. The quantitative estimate of drug-likeness (QED) is 0.560. The molecule has 2 heteroatoms. The lowest BCUT2D eigenvalue weighted by atomic mass is 9.88. The largest absolute Gasteiger partial charge is 0.393 e. The molecule has 1 aromatic rings. The number of aliphatic hydroxyl groups excluding tert-OH is 1. The maximum atomic E-state index is 12.3. The summed E-state index contributed by atoms with van der Waals surface area (Å²) in [6.45, 7) is 3.88.